The third-order valence-corrected chi connectivity index (χ3v) is 4.16. The van der Waals surface area contributed by atoms with E-state index in [2.05, 4.69) is 25.8 Å². The number of piperazine rings is 1. The first-order valence-electron chi connectivity index (χ1n) is 6.94. The van der Waals surface area contributed by atoms with Gasteiger partial charge in [-0.15, -0.1) is 0 Å². The van der Waals surface area contributed by atoms with Gasteiger partial charge in [0.25, 0.3) is 5.91 Å². The molecule has 0 atom stereocenters. The zero-order valence-corrected chi connectivity index (χ0v) is 13.2. The number of hydrogen-bond acceptors (Lipinski definition) is 3. The molecule has 3 rings (SSSR count). The van der Waals surface area contributed by atoms with Crippen molar-refractivity contribution in [2.24, 2.45) is 0 Å². The van der Waals surface area contributed by atoms with Crippen LogP contribution in [-0.4, -0.2) is 42.0 Å². The largest absolute Gasteiger partial charge is 0.368 e. The van der Waals surface area contributed by atoms with Crippen LogP contribution in [0.25, 0.3) is 0 Å². The number of halogens is 1. The Hall–Kier alpha value is -1.88. The fourth-order valence-corrected chi connectivity index (χ4v) is 2.93. The molecular weight excluding hydrogens is 330 g/mol. The number of pyridine rings is 1. The Balaban J connectivity index is 1.64. The van der Waals surface area contributed by atoms with Crippen LogP contribution in [0.1, 0.15) is 10.4 Å². The van der Waals surface area contributed by atoms with Crippen LogP contribution < -0.4 is 4.90 Å². The highest BCUT2D eigenvalue weighted by molar-refractivity contribution is 9.10. The summed E-state index contributed by atoms with van der Waals surface area (Å²) in [4.78, 5) is 20.7. The summed E-state index contributed by atoms with van der Waals surface area (Å²) in [6.07, 6.45) is 3.60. The molecule has 1 saturated heterocycles. The maximum Gasteiger partial charge on any atom is 0.254 e. The number of benzene rings is 1. The fraction of sp³-hybridized carbons (Fsp3) is 0.250. The van der Waals surface area contributed by atoms with Crippen molar-refractivity contribution in [1.82, 2.24) is 9.88 Å². The quantitative estimate of drug-likeness (QED) is 0.839. The molecule has 1 aliphatic rings. The Morgan fingerprint density at radius 1 is 1.05 bits per heavy atom. The molecular formula is C16H16BrN3O. The summed E-state index contributed by atoms with van der Waals surface area (Å²) in [6.45, 7) is 3.19. The van der Waals surface area contributed by atoms with E-state index in [0.717, 1.165) is 36.2 Å². The second-order valence-corrected chi connectivity index (χ2v) is 5.91. The Kier molecular flexibility index (Phi) is 4.20. The summed E-state index contributed by atoms with van der Waals surface area (Å²) in [6, 6.07) is 11.6. The zero-order chi connectivity index (χ0) is 14.7. The molecule has 1 aliphatic heterocycles. The van der Waals surface area contributed by atoms with Crippen molar-refractivity contribution in [1.29, 1.82) is 0 Å². The van der Waals surface area contributed by atoms with E-state index in [1.165, 1.54) is 5.69 Å². The Morgan fingerprint density at radius 3 is 2.43 bits per heavy atom. The van der Waals surface area contributed by atoms with E-state index in [1.807, 2.05) is 41.3 Å². The van der Waals surface area contributed by atoms with E-state index < -0.39 is 0 Å². The number of carbonyl (C=O) groups is 1. The molecule has 0 unspecified atom stereocenters. The molecule has 4 nitrogen and oxygen atoms in total. The van der Waals surface area contributed by atoms with E-state index in [1.54, 1.807) is 12.4 Å². The van der Waals surface area contributed by atoms with Crippen LogP contribution in [0.2, 0.25) is 0 Å². The lowest BCUT2D eigenvalue weighted by Crippen LogP contribution is -2.48. The fourth-order valence-electron chi connectivity index (χ4n) is 2.53. The molecule has 1 aromatic heterocycles. The molecule has 1 amide bonds. The predicted molar refractivity (Wildman–Crippen MR) is 86.5 cm³/mol. The molecule has 1 aromatic carbocycles. The minimum Gasteiger partial charge on any atom is -0.368 e. The molecule has 108 valence electrons. The summed E-state index contributed by atoms with van der Waals surface area (Å²) < 4.78 is 0.934. The van der Waals surface area contributed by atoms with Crippen molar-refractivity contribution in [3.63, 3.8) is 0 Å². The topological polar surface area (TPSA) is 36.4 Å². The number of carbonyl (C=O) groups excluding carboxylic acids is 1. The van der Waals surface area contributed by atoms with E-state index in [4.69, 9.17) is 0 Å². The first-order valence-corrected chi connectivity index (χ1v) is 7.73. The van der Waals surface area contributed by atoms with Gasteiger partial charge in [0.05, 0.1) is 0 Å². The van der Waals surface area contributed by atoms with Crippen LogP contribution in [0.15, 0.2) is 53.3 Å². The molecule has 0 N–H and O–H groups in total. The monoisotopic (exact) mass is 345 g/mol. The van der Waals surface area contributed by atoms with Gasteiger partial charge in [-0.2, -0.15) is 0 Å². The molecule has 0 bridgehead atoms. The van der Waals surface area contributed by atoms with Crippen LogP contribution in [0.4, 0.5) is 5.69 Å². The van der Waals surface area contributed by atoms with Crippen molar-refractivity contribution < 1.29 is 4.79 Å². The zero-order valence-electron chi connectivity index (χ0n) is 11.6. The summed E-state index contributed by atoms with van der Waals surface area (Å²) >= 11 is 3.41. The molecule has 2 heterocycles. The van der Waals surface area contributed by atoms with E-state index in [9.17, 15) is 4.79 Å². The summed E-state index contributed by atoms with van der Waals surface area (Å²) in [7, 11) is 0. The third-order valence-electron chi connectivity index (χ3n) is 3.67. The van der Waals surface area contributed by atoms with Crippen LogP contribution in [0.5, 0.6) is 0 Å². The first-order chi connectivity index (χ1) is 10.2. The Labute approximate surface area is 132 Å². The average Bonchev–Trinajstić information content (AvgIpc) is 2.55. The van der Waals surface area contributed by atoms with Gasteiger partial charge in [0, 0.05) is 54.3 Å². The summed E-state index contributed by atoms with van der Waals surface area (Å²) in [5.41, 5.74) is 1.90. The molecule has 1 fully saturated rings. The van der Waals surface area contributed by atoms with Crippen molar-refractivity contribution in [3.8, 4) is 0 Å². The van der Waals surface area contributed by atoms with Crippen molar-refractivity contribution >= 4 is 27.5 Å². The SMILES string of the molecule is O=C(c1cccc(Br)c1)N1CCN(c2ccncc2)CC1. The van der Waals surface area contributed by atoms with E-state index in [-0.39, 0.29) is 5.91 Å². The highest BCUT2D eigenvalue weighted by Crippen LogP contribution is 2.17. The molecule has 0 radical (unpaired) electrons. The summed E-state index contributed by atoms with van der Waals surface area (Å²) in [5, 5.41) is 0. The number of aromatic nitrogens is 1. The number of anilines is 1. The van der Waals surface area contributed by atoms with Gasteiger partial charge >= 0.3 is 0 Å². The van der Waals surface area contributed by atoms with Gasteiger partial charge < -0.3 is 9.80 Å². The van der Waals surface area contributed by atoms with Gasteiger partial charge in [-0.1, -0.05) is 22.0 Å². The molecule has 0 saturated carbocycles. The maximum absolute atomic E-state index is 12.5. The smallest absolute Gasteiger partial charge is 0.254 e. The average molecular weight is 346 g/mol. The van der Waals surface area contributed by atoms with Gasteiger partial charge in [0.2, 0.25) is 0 Å². The molecule has 0 aliphatic carbocycles. The normalized spacial score (nSPS) is 15.1. The van der Waals surface area contributed by atoms with Gasteiger partial charge in [0.15, 0.2) is 0 Å². The number of amides is 1. The third kappa shape index (κ3) is 3.24. The molecule has 21 heavy (non-hydrogen) atoms. The van der Waals surface area contributed by atoms with Crippen LogP contribution >= 0.6 is 15.9 Å². The number of nitrogens with zero attached hydrogens (tertiary/aromatic N) is 3. The minimum absolute atomic E-state index is 0.102. The maximum atomic E-state index is 12.5. The van der Waals surface area contributed by atoms with Crippen LogP contribution in [0, 0.1) is 0 Å². The predicted octanol–water partition coefficient (Wildman–Crippen LogP) is 2.81. The lowest BCUT2D eigenvalue weighted by Gasteiger charge is -2.36. The van der Waals surface area contributed by atoms with Gasteiger partial charge in [0.1, 0.15) is 0 Å². The van der Waals surface area contributed by atoms with Crippen molar-refractivity contribution in [3.05, 3.63) is 58.8 Å². The second-order valence-electron chi connectivity index (χ2n) is 5.00. The van der Waals surface area contributed by atoms with Gasteiger partial charge in [-0.25, -0.2) is 0 Å². The highest BCUT2D eigenvalue weighted by Gasteiger charge is 2.22. The van der Waals surface area contributed by atoms with Gasteiger partial charge in [-0.3, -0.25) is 9.78 Å². The van der Waals surface area contributed by atoms with Crippen LogP contribution in [-0.2, 0) is 0 Å². The van der Waals surface area contributed by atoms with Gasteiger partial charge in [-0.05, 0) is 30.3 Å². The van der Waals surface area contributed by atoms with Crippen molar-refractivity contribution in [2.75, 3.05) is 31.1 Å². The molecule has 0 spiro atoms. The van der Waals surface area contributed by atoms with Crippen molar-refractivity contribution in [2.45, 2.75) is 0 Å². The summed E-state index contributed by atoms with van der Waals surface area (Å²) in [5.74, 6) is 0.102. The lowest BCUT2D eigenvalue weighted by molar-refractivity contribution is 0.0746. The lowest BCUT2D eigenvalue weighted by atomic mass is 10.2. The van der Waals surface area contributed by atoms with E-state index in [0.29, 0.717) is 0 Å². The minimum atomic E-state index is 0.102. The molecule has 5 heteroatoms. The van der Waals surface area contributed by atoms with Crippen LogP contribution in [0.3, 0.4) is 0 Å². The number of hydrogen-bond donors (Lipinski definition) is 0. The standard InChI is InChI=1S/C16H16BrN3O/c17-14-3-1-2-13(12-14)16(21)20-10-8-19(9-11-20)15-4-6-18-7-5-15/h1-7,12H,8-11H2. The first kappa shape index (κ1) is 14.1. The molecule has 2 aromatic rings. The highest BCUT2D eigenvalue weighted by atomic mass is 79.9. The van der Waals surface area contributed by atoms with E-state index >= 15 is 0 Å². The second kappa shape index (κ2) is 6.26. The Bertz CT molecular complexity index is 624. The Morgan fingerprint density at radius 2 is 1.76 bits per heavy atom. The number of rotatable bonds is 2.